The van der Waals surface area contributed by atoms with Crippen molar-refractivity contribution in [3.63, 3.8) is 0 Å². The summed E-state index contributed by atoms with van der Waals surface area (Å²) < 4.78 is 5.79. The highest BCUT2D eigenvalue weighted by atomic mass is 35.5. The number of likely N-dealkylation sites (tertiary alicyclic amines) is 1. The van der Waals surface area contributed by atoms with Crippen LogP contribution in [0.1, 0.15) is 26.7 Å². The van der Waals surface area contributed by atoms with Gasteiger partial charge in [0.25, 0.3) is 0 Å². The van der Waals surface area contributed by atoms with Gasteiger partial charge >= 0.3 is 0 Å². The molecular weight excluding hydrogens is 260 g/mol. The first-order valence-corrected chi connectivity index (χ1v) is 7.84. The van der Waals surface area contributed by atoms with E-state index in [1.54, 1.807) is 0 Å². The lowest BCUT2D eigenvalue weighted by Gasteiger charge is -2.39. The molecule has 4 heteroatoms. The number of nitrogens with zero attached hydrogens (tertiary/aromatic N) is 2. The van der Waals surface area contributed by atoms with E-state index in [1.165, 1.54) is 19.4 Å². The minimum absolute atomic E-state index is 0.378. The average Bonchev–Trinajstić information content (AvgIpc) is 2.29. The summed E-state index contributed by atoms with van der Waals surface area (Å²) in [5, 5.41) is 0.759. The van der Waals surface area contributed by atoms with Gasteiger partial charge in [-0.05, 0) is 45.7 Å². The SMILES string of the molecule is C=C(Cl)CN1CCC(CN2CC(C)OC(C)C2)CC1. The van der Waals surface area contributed by atoms with E-state index in [2.05, 4.69) is 30.2 Å². The van der Waals surface area contributed by atoms with Crippen LogP contribution in [0.15, 0.2) is 11.6 Å². The molecule has 0 N–H and O–H groups in total. The number of rotatable bonds is 4. The number of hydrogen-bond acceptors (Lipinski definition) is 3. The van der Waals surface area contributed by atoms with Crippen LogP contribution in [0.3, 0.4) is 0 Å². The first-order valence-electron chi connectivity index (χ1n) is 7.46. The molecule has 0 bridgehead atoms. The second kappa shape index (κ2) is 7.07. The zero-order valence-corrected chi connectivity index (χ0v) is 13.0. The van der Waals surface area contributed by atoms with Crippen LogP contribution in [0.2, 0.25) is 0 Å². The van der Waals surface area contributed by atoms with Gasteiger partial charge in [0.2, 0.25) is 0 Å². The fraction of sp³-hybridized carbons (Fsp3) is 0.867. The molecule has 2 aliphatic heterocycles. The molecule has 0 aromatic carbocycles. The molecule has 0 aromatic rings. The van der Waals surface area contributed by atoms with Crippen LogP contribution in [0.4, 0.5) is 0 Å². The van der Waals surface area contributed by atoms with Crippen LogP contribution < -0.4 is 0 Å². The molecule has 0 amide bonds. The second-order valence-electron chi connectivity index (χ2n) is 6.21. The fourth-order valence-corrected chi connectivity index (χ4v) is 3.54. The molecule has 2 saturated heterocycles. The predicted octanol–water partition coefficient (Wildman–Crippen LogP) is 2.56. The van der Waals surface area contributed by atoms with Gasteiger partial charge in [-0.3, -0.25) is 9.80 Å². The summed E-state index contributed by atoms with van der Waals surface area (Å²) in [4.78, 5) is 5.00. The molecule has 110 valence electrons. The Kier molecular flexibility index (Phi) is 5.70. The van der Waals surface area contributed by atoms with Crippen molar-refractivity contribution in [3.8, 4) is 0 Å². The Morgan fingerprint density at radius 1 is 1.16 bits per heavy atom. The van der Waals surface area contributed by atoms with Gasteiger partial charge in [0.05, 0.1) is 12.2 Å². The van der Waals surface area contributed by atoms with Gasteiger partial charge in [-0.1, -0.05) is 18.2 Å². The molecule has 0 saturated carbocycles. The summed E-state index contributed by atoms with van der Waals surface area (Å²) in [5.41, 5.74) is 0. The van der Waals surface area contributed by atoms with E-state index in [0.717, 1.165) is 43.7 Å². The molecule has 2 rings (SSSR count). The van der Waals surface area contributed by atoms with Gasteiger partial charge in [0, 0.05) is 31.2 Å². The normalized spacial score (nSPS) is 31.5. The quantitative estimate of drug-likeness (QED) is 0.790. The van der Waals surface area contributed by atoms with Crippen LogP contribution in [-0.4, -0.2) is 61.3 Å². The van der Waals surface area contributed by atoms with Crippen molar-refractivity contribution in [2.75, 3.05) is 39.3 Å². The number of piperidine rings is 1. The summed E-state index contributed by atoms with van der Waals surface area (Å²) >= 11 is 5.88. The van der Waals surface area contributed by atoms with E-state index in [4.69, 9.17) is 16.3 Å². The smallest absolute Gasteiger partial charge is 0.0678 e. The van der Waals surface area contributed by atoms with E-state index < -0.39 is 0 Å². The third-order valence-electron chi connectivity index (χ3n) is 4.11. The first kappa shape index (κ1) is 15.3. The Labute approximate surface area is 122 Å². The summed E-state index contributed by atoms with van der Waals surface area (Å²) in [5.74, 6) is 0.831. The maximum Gasteiger partial charge on any atom is 0.0678 e. The third kappa shape index (κ3) is 5.07. The molecule has 2 aliphatic rings. The summed E-state index contributed by atoms with van der Waals surface area (Å²) in [6.45, 7) is 14.7. The van der Waals surface area contributed by atoms with Gasteiger partial charge < -0.3 is 4.74 Å². The molecule has 2 unspecified atom stereocenters. The van der Waals surface area contributed by atoms with Crippen molar-refractivity contribution in [1.29, 1.82) is 0 Å². The van der Waals surface area contributed by atoms with Gasteiger partial charge in [-0.25, -0.2) is 0 Å². The highest BCUT2D eigenvalue weighted by molar-refractivity contribution is 6.29. The standard InChI is InChI=1S/C15H27ClN2O/c1-12(16)8-17-6-4-15(5-7-17)11-18-9-13(2)19-14(3)10-18/h13-15H,1,4-11H2,2-3H3. The molecule has 19 heavy (non-hydrogen) atoms. The second-order valence-corrected chi connectivity index (χ2v) is 6.75. The molecular formula is C15H27ClN2O. The predicted molar refractivity (Wildman–Crippen MR) is 80.6 cm³/mol. The highest BCUT2D eigenvalue weighted by Gasteiger charge is 2.26. The van der Waals surface area contributed by atoms with Crippen molar-refractivity contribution in [3.05, 3.63) is 11.6 Å². The number of morpholine rings is 1. The maximum absolute atomic E-state index is 5.88. The zero-order chi connectivity index (χ0) is 13.8. The monoisotopic (exact) mass is 286 g/mol. The van der Waals surface area contributed by atoms with Crippen LogP contribution in [0.25, 0.3) is 0 Å². The zero-order valence-electron chi connectivity index (χ0n) is 12.3. The van der Waals surface area contributed by atoms with Gasteiger partial charge in [0.1, 0.15) is 0 Å². The number of ether oxygens (including phenoxy) is 1. The van der Waals surface area contributed by atoms with Crippen LogP contribution in [-0.2, 0) is 4.74 Å². The minimum atomic E-state index is 0.378. The lowest BCUT2D eigenvalue weighted by atomic mass is 9.95. The molecule has 0 spiro atoms. The van der Waals surface area contributed by atoms with Crippen LogP contribution in [0, 0.1) is 5.92 Å². The Balaban J connectivity index is 1.71. The third-order valence-corrected chi connectivity index (χ3v) is 4.23. The topological polar surface area (TPSA) is 15.7 Å². The van der Waals surface area contributed by atoms with E-state index in [1.807, 2.05) is 0 Å². The lowest BCUT2D eigenvalue weighted by Crippen LogP contribution is -2.48. The summed E-state index contributed by atoms with van der Waals surface area (Å²) in [6, 6.07) is 0. The maximum atomic E-state index is 5.88. The fourth-order valence-electron chi connectivity index (χ4n) is 3.37. The van der Waals surface area contributed by atoms with Crippen molar-refractivity contribution in [2.45, 2.75) is 38.9 Å². The average molecular weight is 287 g/mol. The number of hydrogen-bond donors (Lipinski definition) is 0. The molecule has 2 heterocycles. The van der Waals surface area contributed by atoms with E-state index >= 15 is 0 Å². The minimum Gasteiger partial charge on any atom is -0.373 e. The van der Waals surface area contributed by atoms with Gasteiger partial charge in [0.15, 0.2) is 0 Å². The molecule has 0 radical (unpaired) electrons. The molecule has 2 atom stereocenters. The van der Waals surface area contributed by atoms with E-state index in [-0.39, 0.29) is 0 Å². The Morgan fingerprint density at radius 3 is 2.26 bits per heavy atom. The van der Waals surface area contributed by atoms with Crippen molar-refractivity contribution < 1.29 is 4.74 Å². The molecule has 0 aromatic heterocycles. The number of halogens is 1. The first-order chi connectivity index (χ1) is 9.02. The Hall–Kier alpha value is -0.0900. The largest absolute Gasteiger partial charge is 0.373 e. The highest BCUT2D eigenvalue weighted by Crippen LogP contribution is 2.21. The van der Waals surface area contributed by atoms with Gasteiger partial charge in [-0.15, -0.1) is 0 Å². The lowest BCUT2D eigenvalue weighted by molar-refractivity contribution is -0.0730. The van der Waals surface area contributed by atoms with Gasteiger partial charge in [-0.2, -0.15) is 0 Å². The van der Waals surface area contributed by atoms with Crippen molar-refractivity contribution in [2.24, 2.45) is 5.92 Å². The molecule has 0 aliphatic carbocycles. The Morgan fingerprint density at radius 2 is 1.74 bits per heavy atom. The van der Waals surface area contributed by atoms with E-state index in [0.29, 0.717) is 12.2 Å². The molecule has 2 fully saturated rings. The Bertz CT molecular complexity index is 293. The molecule has 3 nitrogen and oxygen atoms in total. The summed E-state index contributed by atoms with van der Waals surface area (Å²) in [6.07, 6.45) is 3.32. The van der Waals surface area contributed by atoms with Crippen LogP contribution in [0.5, 0.6) is 0 Å². The summed E-state index contributed by atoms with van der Waals surface area (Å²) in [7, 11) is 0. The van der Waals surface area contributed by atoms with Crippen molar-refractivity contribution >= 4 is 11.6 Å². The van der Waals surface area contributed by atoms with E-state index in [9.17, 15) is 0 Å². The van der Waals surface area contributed by atoms with Crippen molar-refractivity contribution in [1.82, 2.24) is 9.80 Å². The van der Waals surface area contributed by atoms with Crippen LogP contribution >= 0.6 is 11.6 Å².